The van der Waals surface area contributed by atoms with Crippen LogP contribution in [0.25, 0.3) is 0 Å². The fourth-order valence-electron chi connectivity index (χ4n) is 9.75. The van der Waals surface area contributed by atoms with Crippen LogP contribution in [0.2, 0.25) is 0 Å². The number of carbonyl (C=O) groups is 6. The highest BCUT2D eigenvalue weighted by Crippen LogP contribution is 2.64. The summed E-state index contributed by atoms with van der Waals surface area (Å²) < 4.78 is 40.7. The quantitative estimate of drug-likeness (QED) is 0.150. The Hall–Kier alpha value is -5.43. The Balaban J connectivity index is 1.55. The fraction of sp³-hybridized carbons (Fsp3) is 0.578. The average Bonchev–Trinajstić information content (AvgIpc) is 3.20. The van der Waals surface area contributed by atoms with Crippen molar-refractivity contribution in [3.05, 3.63) is 77.1 Å². The van der Waals surface area contributed by atoms with E-state index in [1.165, 1.54) is 59.0 Å². The minimum absolute atomic E-state index is 0.0451. The molecule has 1 amide bonds. The zero-order chi connectivity index (χ0) is 46.4. The van der Waals surface area contributed by atoms with Gasteiger partial charge in [0.25, 0.3) is 0 Å². The molecule has 18 heteroatoms. The molecule has 6 rings (SSSR count). The van der Waals surface area contributed by atoms with Gasteiger partial charge in [-0.2, -0.15) is 0 Å². The summed E-state index contributed by atoms with van der Waals surface area (Å²) in [7, 11) is 0. The molecule has 4 aliphatic rings. The Morgan fingerprint density at radius 3 is 2.24 bits per heavy atom. The smallest absolute Gasteiger partial charge is 0.456 e. The van der Waals surface area contributed by atoms with E-state index in [1.54, 1.807) is 51.1 Å². The number of hydrogen-bond donors (Lipinski definition) is 4. The Kier molecular flexibility index (Phi) is 12.9. The van der Waals surface area contributed by atoms with Gasteiger partial charge in [0.2, 0.25) is 0 Å². The first-order valence-corrected chi connectivity index (χ1v) is 20.8. The van der Waals surface area contributed by atoms with Crippen molar-refractivity contribution in [3.63, 3.8) is 0 Å². The van der Waals surface area contributed by atoms with Crippen LogP contribution in [0.15, 0.2) is 65.9 Å². The van der Waals surface area contributed by atoms with Crippen molar-refractivity contribution in [2.24, 2.45) is 16.7 Å². The Labute approximate surface area is 364 Å². The summed E-state index contributed by atoms with van der Waals surface area (Å²) in [5, 5.41) is 40.0. The number of nitrogens with one attached hydrogen (secondary N) is 1. The van der Waals surface area contributed by atoms with E-state index in [0.717, 1.165) is 6.92 Å². The van der Waals surface area contributed by atoms with Gasteiger partial charge in [-0.05, 0) is 77.0 Å². The fourth-order valence-corrected chi connectivity index (χ4v) is 9.75. The molecule has 1 aromatic carbocycles. The largest absolute Gasteiger partial charge is 0.509 e. The number of nitrogens with zero attached hydrogens (tertiary/aromatic N) is 1. The maximum Gasteiger partial charge on any atom is 0.509 e. The van der Waals surface area contributed by atoms with E-state index >= 15 is 4.79 Å². The predicted molar refractivity (Wildman–Crippen MR) is 217 cm³/mol. The molecule has 342 valence electrons. The first-order chi connectivity index (χ1) is 29.4. The summed E-state index contributed by atoms with van der Waals surface area (Å²) in [6, 6.07) is 10.8. The van der Waals surface area contributed by atoms with Gasteiger partial charge >= 0.3 is 30.2 Å². The molecule has 2 bridgehead atoms. The topological polar surface area (TPSA) is 253 Å². The Morgan fingerprint density at radius 2 is 1.67 bits per heavy atom. The number of hydrogen-bond acceptors (Lipinski definition) is 17. The van der Waals surface area contributed by atoms with Gasteiger partial charge in [0.05, 0.1) is 41.9 Å². The van der Waals surface area contributed by atoms with Crippen LogP contribution in [-0.4, -0.2) is 123 Å². The SMILES string of the molecule is CCOC(=O)O[C@H]1C(=O)[C@@]2(C)C(C(OC(=O)c3ccccc3)[C@]3(O)C[C@H](OC(=O)[C@H](O)[C@@H](NC(=O)OC(C)(C)C)c4ccccn4)C(C)=C1C3(C)C)[C@]1(OC(C)=O)CO[C@@H]1C[C@@H]2O. The first-order valence-electron chi connectivity index (χ1n) is 20.8. The number of fused-ring (bicyclic) bond motifs is 5. The van der Waals surface area contributed by atoms with Crippen LogP contribution in [0, 0.1) is 16.7 Å². The van der Waals surface area contributed by atoms with Gasteiger partial charge in [0.1, 0.15) is 35.6 Å². The molecular weight excluding hydrogens is 824 g/mol. The van der Waals surface area contributed by atoms with E-state index in [4.69, 9.17) is 33.2 Å². The van der Waals surface area contributed by atoms with E-state index in [2.05, 4.69) is 10.3 Å². The summed E-state index contributed by atoms with van der Waals surface area (Å²) in [4.78, 5) is 87.7. The lowest BCUT2D eigenvalue weighted by molar-refractivity contribution is -0.346. The molecule has 1 saturated heterocycles. The number of aliphatic hydroxyl groups excluding tert-OH is 2. The zero-order valence-electron chi connectivity index (χ0n) is 36.7. The Morgan fingerprint density at radius 1 is 1.00 bits per heavy atom. The van der Waals surface area contributed by atoms with Gasteiger partial charge in [-0.25, -0.2) is 19.2 Å². The van der Waals surface area contributed by atoms with Crippen LogP contribution in [0.3, 0.4) is 0 Å². The van der Waals surface area contributed by atoms with Crippen LogP contribution in [0.5, 0.6) is 0 Å². The monoisotopic (exact) mass is 880 g/mol. The lowest BCUT2D eigenvalue weighted by Crippen LogP contribution is -2.82. The zero-order valence-corrected chi connectivity index (χ0v) is 36.7. The molecule has 3 aliphatic carbocycles. The van der Waals surface area contributed by atoms with E-state index in [-0.39, 0.29) is 42.0 Å². The highest BCUT2D eigenvalue weighted by Gasteiger charge is 2.78. The molecule has 2 aromatic rings. The molecular formula is C45H56N2O16. The van der Waals surface area contributed by atoms with Crippen LogP contribution < -0.4 is 5.32 Å². The molecule has 2 unspecified atom stereocenters. The molecule has 1 aromatic heterocycles. The molecule has 3 fully saturated rings. The maximum absolute atomic E-state index is 15.6. The predicted octanol–water partition coefficient (Wildman–Crippen LogP) is 3.84. The number of pyridine rings is 1. The van der Waals surface area contributed by atoms with Gasteiger partial charge < -0.3 is 53.8 Å². The number of alkyl carbamates (subject to hydrolysis) is 1. The molecule has 18 nitrogen and oxygen atoms in total. The third-order valence-corrected chi connectivity index (χ3v) is 12.9. The highest BCUT2D eigenvalue weighted by molar-refractivity contribution is 5.95. The summed E-state index contributed by atoms with van der Waals surface area (Å²) >= 11 is 0. The lowest BCUT2D eigenvalue weighted by Gasteiger charge is -2.67. The van der Waals surface area contributed by atoms with Crippen molar-refractivity contribution >= 4 is 35.9 Å². The second-order valence-electron chi connectivity index (χ2n) is 18.2. The standard InChI is InChI=1S/C45H56N2O16/c1-10-57-40(55)60-33-30-23(2)27(59-38(53)32(50)31(26-18-14-15-19-46-26)47-39(54)63-41(4,5)6)21-45(56,42(30,7)8)36(61-37(52)25-16-12-11-13-17-25)34-43(9,35(33)51)28(49)20-29-44(34,22-58-29)62-24(3)48/h11-19,27-29,31-34,36,49-50,56H,10,20-22H2,1-9H3,(H,47,54)/t27-,28-,29+,31-,32+,33+,34?,36?,43+,44-,45+/m0/s1. The van der Waals surface area contributed by atoms with E-state index in [1.807, 2.05) is 0 Å². The van der Waals surface area contributed by atoms with Crippen LogP contribution in [0.4, 0.5) is 9.59 Å². The lowest BCUT2D eigenvalue weighted by atomic mass is 9.44. The first kappa shape index (κ1) is 47.1. The third kappa shape index (κ3) is 8.41. The van der Waals surface area contributed by atoms with Gasteiger partial charge in [-0.3, -0.25) is 14.6 Å². The number of aromatic nitrogens is 1. The molecule has 2 heterocycles. The van der Waals surface area contributed by atoms with Gasteiger partial charge in [-0.15, -0.1) is 0 Å². The molecule has 0 radical (unpaired) electrons. The van der Waals surface area contributed by atoms with Crippen LogP contribution >= 0.6 is 0 Å². The minimum atomic E-state index is -2.45. The van der Waals surface area contributed by atoms with Gasteiger partial charge in [0.15, 0.2) is 23.6 Å². The molecule has 0 spiro atoms. The van der Waals surface area contributed by atoms with Crippen molar-refractivity contribution in [1.82, 2.24) is 10.3 Å². The molecule has 4 N–H and O–H groups in total. The number of carbonyl (C=O) groups excluding carboxylic acids is 6. The number of ketones is 1. The number of ether oxygens (including phenoxy) is 7. The van der Waals surface area contributed by atoms with Crippen molar-refractivity contribution in [3.8, 4) is 0 Å². The van der Waals surface area contributed by atoms with Crippen LogP contribution in [0.1, 0.15) is 97.2 Å². The van der Waals surface area contributed by atoms with Crippen molar-refractivity contribution in [1.29, 1.82) is 0 Å². The number of aliphatic hydroxyl groups is 3. The van der Waals surface area contributed by atoms with Crippen LogP contribution in [-0.2, 0) is 47.5 Å². The van der Waals surface area contributed by atoms with Crippen molar-refractivity contribution in [2.45, 2.75) is 135 Å². The number of benzene rings is 1. The summed E-state index contributed by atoms with van der Waals surface area (Å²) in [6.45, 7) is 12.9. The van der Waals surface area contributed by atoms with E-state index in [9.17, 15) is 39.3 Å². The summed E-state index contributed by atoms with van der Waals surface area (Å²) in [5.74, 6) is -5.63. The molecule has 63 heavy (non-hydrogen) atoms. The number of amides is 1. The second kappa shape index (κ2) is 17.3. The number of esters is 3. The summed E-state index contributed by atoms with van der Waals surface area (Å²) in [5.41, 5.74) is -8.97. The average molecular weight is 881 g/mol. The maximum atomic E-state index is 15.6. The second-order valence-corrected chi connectivity index (χ2v) is 18.2. The third-order valence-electron chi connectivity index (χ3n) is 12.9. The van der Waals surface area contributed by atoms with E-state index in [0.29, 0.717) is 0 Å². The highest BCUT2D eigenvalue weighted by atomic mass is 16.7. The Bertz CT molecular complexity index is 2140. The van der Waals surface area contributed by atoms with Crippen molar-refractivity contribution in [2.75, 3.05) is 13.2 Å². The van der Waals surface area contributed by atoms with Gasteiger partial charge in [-0.1, -0.05) is 38.1 Å². The summed E-state index contributed by atoms with van der Waals surface area (Å²) in [6.07, 6.45) is -12.0. The molecule has 2 saturated carbocycles. The number of Topliss-reactive ketones (excluding diaryl/α,β-unsaturated/α-hetero) is 1. The number of rotatable bonds is 10. The molecule has 11 atom stereocenters. The van der Waals surface area contributed by atoms with Crippen molar-refractivity contribution < 1.29 is 77.2 Å². The normalized spacial score (nSPS) is 31.8. The van der Waals surface area contributed by atoms with Gasteiger partial charge in [0, 0.05) is 31.4 Å². The molecule has 1 aliphatic heterocycles. The minimum Gasteiger partial charge on any atom is -0.456 e. The van der Waals surface area contributed by atoms with E-state index < -0.39 is 119 Å².